The molecule has 45 heavy (non-hydrogen) atoms. The summed E-state index contributed by atoms with van der Waals surface area (Å²) in [5.74, 6) is 0.539. The highest BCUT2D eigenvalue weighted by atomic mass is 19.4. The summed E-state index contributed by atoms with van der Waals surface area (Å²) in [5.41, 5.74) is 0.173. The molecule has 1 fully saturated rings. The van der Waals surface area contributed by atoms with E-state index in [0.717, 1.165) is 64.5 Å². The van der Waals surface area contributed by atoms with Crippen molar-refractivity contribution >= 4 is 6.03 Å². The van der Waals surface area contributed by atoms with E-state index in [9.17, 15) is 28.0 Å². The first-order valence-electron chi connectivity index (χ1n) is 15.0. The van der Waals surface area contributed by atoms with Crippen LogP contribution in [0.1, 0.15) is 49.4 Å². The van der Waals surface area contributed by atoms with Gasteiger partial charge in [-0.25, -0.2) is 18.8 Å². The number of rotatable bonds is 7. The van der Waals surface area contributed by atoms with Crippen LogP contribution >= 0.6 is 0 Å². The second kappa shape index (κ2) is 12.4. The summed E-state index contributed by atoms with van der Waals surface area (Å²) < 4.78 is 45.5. The topological polar surface area (TPSA) is 97.6 Å². The van der Waals surface area contributed by atoms with Gasteiger partial charge in [0.15, 0.2) is 0 Å². The van der Waals surface area contributed by atoms with Gasteiger partial charge in [0.2, 0.25) is 0 Å². The third-order valence-electron chi connectivity index (χ3n) is 8.83. The number of halogens is 3. The molecular formula is C33H37F3N7O2+. The molecule has 0 atom stereocenters. The van der Waals surface area contributed by atoms with Crippen molar-refractivity contribution in [2.45, 2.75) is 51.7 Å². The van der Waals surface area contributed by atoms with E-state index in [4.69, 9.17) is 0 Å². The molecule has 0 radical (unpaired) electrons. The fourth-order valence-electron chi connectivity index (χ4n) is 6.14. The number of quaternary nitrogens is 1. The minimum atomic E-state index is -4.62. The average molecular weight is 621 g/mol. The minimum absolute atomic E-state index is 0.0123. The lowest BCUT2D eigenvalue weighted by Gasteiger charge is -2.36. The summed E-state index contributed by atoms with van der Waals surface area (Å²) in [5, 5.41) is 16.7. The molecule has 1 N–H and O–H groups in total. The Morgan fingerprint density at radius 1 is 1.07 bits per heavy atom. The molecule has 0 bridgehead atoms. The van der Waals surface area contributed by atoms with Gasteiger partial charge in [-0.3, -0.25) is 4.57 Å². The van der Waals surface area contributed by atoms with Crippen LogP contribution in [0.4, 0.5) is 18.0 Å². The molecule has 5 rings (SSSR count). The summed E-state index contributed by atoms with van der Waals surface area (Å²) in [4.78, 5) is 28.0. The van der Waals surface area contributed by atoms with Crippen LogP contribution in [0.2, 0.25) is 0 Å². The van der Waals surface area contributed by atoms with E-state index in [2.05, 4.69) is 37.5 Å². The van der Waals surface area contributed by atoms with Crippen molar-refractivity contribution in [1.82, 2.24) is 24.2 Å². The number of nitrogens with one attached hydrogen (secondary N) is 1. The Kier molecular flexibility index (Phi) is 8.76. The number of amides is 1. The second-order valence-electron chi connectivity index (χ2n) is 12.3. The molecule has 1 aliphatic carbocycles. The monoisotopic (exact) mass is 620 g/mol. The number of benzene rings is 2. The Balaban J connectivity index is 1.56. The van der Waals surface area contributed by atoms with Crippen molar-refractivity contribution in [3.05, 3.63) is 88.1 Å². The molecular weight excluding hydrogens is 583 g/mol. The number of carbonyl (C=O) groups is 1. The van der Waals surface area contributed by atoms with Crippen LogP contribution in [0.5, 0.6) is 0 Å². The van der Waals surface area contributed by atoms with Crippen molar-refractivity contribution in [2.75, 3.05) is 27.2 Å². The molecule has 1 saturated carbocycles. The highest BCUT2D eigenvalue weighted by molar-refractivity contribution is 5.83. The molecule has 12 heteroatoms. The third-order valence-corrected chi connectivity index (χ3v) is 8.83. The van der Waals surface area contributed by atoms with Crippen LogP contribution in [0.3, 0.4) is 0 Å². The fraction of sp³-hybridized carbons (Fsp3) is 0.394. The van der Waals surface area contributed by atoms with Gasteiger partial charge in [0, 0.05) is 12.0 Å². The first kappa shape index (κ1) is 31.8. The van der Waals surface area contributed by atoms with Crippen LogP contribution in [0.25, 0.3) is 22.8 Å². The van der Waals surface area contributed by atoms with E-state index in [1.54, 1.807) is 37.3 Å². The van der Waals surface area contributed by atoms with E-state index in [-0.39, 0.29) is 23.1 Å². The summed E-state index contributed by atoms with van der Waals surface area (Å²) >= 11 is 0. The maximum atomic E-state index is 14.0. The van der Waals surface area contributed by atoms with Crippen LogP contribution in [-0.4, -0.2) is 62.7 Å². The van der Waals surface area contributed by atoms with Crippen molar-refractivity contribution in [3.63, 3.8) is 0 Å². The normalized spacial score (nSPS) is 17.2. The lowest BCUT2D eigenvalue weighted by molar-refractivity contribution is -0.892. The lowest BCUT2D eigenvalue weighted by atomic mass is 9.85. The van der Waals surface area contributed by atoms with Gasteiger partial charge < -0.3 is 9.80 Å². The summed E-state index contributed by atoms with van der Waals surface area (Å²) in [6, 6.07) is 14.0. The summed E-state index contributed by atoms with van der Waals surface area (Å²) in [7, 11) is 4.42. The molecule has 4 aromatic rings. The number of aromatic nitrogens is 4. The average Bonchev–Trinajstić information content (AvgIpc) is 3.59. The smallest absolute Gasteiger partial charge is 0.335 e. The Morgan fingerprint density at radius 3 is 2.38 bits per heavy atom. The molecule has 236 valence electrons. The van der Waals surface area contributed by atoms with Crippen LogP contribution < -0.4 is 11.0 Å². The molecule has 2 heterocycles. The molecule has 0 saturated heterocycles. The first-order valence-corrected chi connectivity index (χ1v) is 15.0. The van der Waals surface area contributed by atoms with Crippen molar-refractivity contribution in [3.8, 4) is 28.8 Å². The Labute approximate surface area is 259 Å². The molecule has 1 amide bonds. The molecule has 2 aromatic carbocycles. The maximum absolute atomic E-state index is 14.0. The lowest BCUT2D eigenvalue weighted by Crippen LogP contribution is -2.47. The molecule has 0 spiro atoms. The number of nitriles is 1. The summed E-state index contributed by atoms with van der Waals surface area (Å²) in [6.07, 6.45) is 0.323. The van der Waals surface area contributed by atoms with Crippen LogP contribution in [0, 0.1) is 24.2 Å². The van der Waals surface area contributed by atoms with Gasteiger partial charge in [0.1, 0.15) is 5.69 Å². The van der Waals surface area contributed by atoms with Gasteiger partial charge in [-0.15, -0.1) is 0 Å². The highest BCUT2D eigenvalue weighted by Gasteiger charge is 2.33. The molecule has 1 aliphatic rings. The van der Waals surface area contributed by atoms with Gasteiger partial charge in [-0.2, -0.15) is 23.5 Å². The molecule has 9 nitrogen and oxygen atoms in total. The van der Waals surface area contributed by atoms with Gasteiger partial charge in [0.05, 0.1) is 73.3 Å². The standard InChI is InChI=1S/C33H36F3N7O2/c1-5-43(3,4)21-24-9-13-26(14-10-24)39-31(44)41-30(29-17-18-38-42(29)27-15-11-23(20-37)12-16-27)22(2)40(32(41)45)28-8-6-7-25(19-28)33(34,35)36/h6-8,11-12,15-19,24,26H,5,9-10,13-14,21H2,1-4H3/p+1. The van der Waals surface area contributed by atoms with Gasteiger partial charge >= 0.3 is 17.9 Å². The Morgan fingerprint density at radius 2 is 1.76 bits per heavy atom. The predicted octanol–water partition coefficient (Wildman–Crippen LogP) is 5.90. The van der Waals surface area contributed by atoms with Gasteiger partial charge in [0.25, 0.3) is 0 Å². The number of carbonyl (C=O) groups excluding carboxylic acids is 1. The third kappa shape index (κ3) is 6.59. The van der Waals surface area contributed by atoms with E-state index in [0.29, 0.717) is 22.9 Å². The molecule has 2 aromatic heterocycles. The minimum Gasteiger partial charge on any atom is -0.335 e. The molecule has 0 unspecified atom stereocenters. The summed E-state index contributed by atoms with van der Waals surface area (Å²) in [6.45, 7) is 5.85. The zero-order valence-electron chi connectivity index (χ0n) is 25.8. The van der Waals surface area contributed by atoms with E-state index in [1.165, 1.54) is 23.0 Å². The SMILES string of the molecule is CC[N+](C)(C)CC1CCC(NC(=O)n2c(-c3ccnn3-c3ccc(C#N)cc3)c(C)n(-c3cccc(C(F)(F)F)c3)c2=O)CC1. The fourth-order valence-corrected chi connectivity index (χ4v) is 6.14. The van der Waals surface area contributed by atoms with E-state index < -0.39 is 23.5 Å². The van der Waals surface area contributed by atoms with Gasteiger partial charge in [-0.05, 0) is 88.1 Å². The maximum Gasteiger partial charge on any atom is 0.416 e. The largest absolute Gasteiger partial charge is 0.416 e. The zero-order valence-corrected chi connectivity index (χ0v) is 25.8. The number of imidazole rings is 1. The van der Waals surface area contributed by atoms with Gasteiger partial charge in [-0.1, -0.05) is 6.07 Å². The number of hydrogen-bond acceptors (Lipinski definition) is 4. The highest BCUT2D eigenvalue weighted by Crippen LogP contribution is 2.32. The zero-order chi connectivity index (χ0) is 32.5. The number of alkyl halides is 3. The Bertz CT molecular complexity index is 1780. The second-order valence-corrected chi connectivity index (χ2v) is 12.3. The molecule has 0 aliphatic heterocycles. The van der Waals surface area contributed by atoms with Crippen molar-refractivity contribution in [1.29, 1.82) is 5.26 Å². The van der Waals surface area contributed by atoms with E-state index in [1.807, 2.05) is 0 Å². The predicted molar refractivity (Wildman–Crippen MR) is 164 cm³/mol. The first-order chi connectivity index (χ1) is 21.3. The van der Waals surface area contributed by atoms with Crippen LogP contribution in [0.15, 0.2) is 65.6 Å². The van der Waals surface area contributed by atoms with Crippen molar-refractivity contribution in [2.24, 2.45) is 5.92 Å². The van der Waals surface area contributed by atoms with Crippen LogP contribution in [-0.2, 0) is 6.18 Å². The van der Waals surface area contributed by atoms with Crippen molar-refractivity contribution < 1.29 is 22.4 Å². The van der Waals surface area contributed by atoms with E-state index >= 15 is 0 Å². The quantitative estimate of drug-likeness (QED) is 0.260. The Hall–Kier alpha value is -4.63. The number of nitrogens with zero attached hydrogens (tertiary/aromatic N) is 6. The number of hydrogen-bond donors (Lipinski definition) is 1.